The summed E-state index contributed by atoms with van der Waals surface area (Å²) >= 11 is 1.47. The lowest BCUT2D eigenvalue weighted by Crippen LogP contribution is -2.36. The van der Waals surface area contributed by atoms with Crippen molar-refractivity contribution in [1.29, 1.82) is 0 Å². The van der Waals surface area contributed by atoms with E-state index in [4.69, 9.17) is 0 Å². The Bertz CT molecular complexity index is 652. The number of rotatable bonds is 5. The van der Waals surface area contributed by atoms with Crippen LogP contribution in [-0.2, 0) is 11.3 Å². The van der Waals surface area contributed by atoms with Gasteiger partial charge in [0.15, 0.2) is 11.0 Å². The number of piperidine rings is 1. The fraction of sp³-hybridized carbons (Fsp3) is 0.500. The van der Waals surface area contributed by atoms with E-state index in [9.17, 15) is 4.79 Å². The van der Waals surface area contributed by atoms with Gasteiger partial charge in [-0.15, -0.1) is 10.2 Å². The van der Waals surface area contributed by atoms with Gasteiger partial charge in [-0.1, -0.05) is 11.8 Å². The van der Waals surface area contributed by atoms with E-state index < -0.39 is 0 Å². The van der Waals surface area contributed by atoms with Gasteiger partial charge in [0.05, 0.1) is 5.75 Å². The molecule has 0 N–H and O–H groups in total. The number of carbonyl (C=O) groups excluding carboxylic acids is 1. The zero-order chi connectivity index (χ0) is 16.1. The van der Waals surface area contributed by atoms with Gasteiger partial charge in [-0.2, -0.15) is 0 Å². The SMILES string of the molecule is CCn1c(SCC(=O)N2CCCCC2)nnc1-c1cccnc1. The molecule has 1 amide bonds. The molecule has 0 unspecified atom stereocenters. The highest BCUT2D eigenvalue weighted by Crippen LogP contribution is 2.24. The van der Waals surface area contributed by atoms with Gasteiger partial charge in [-0.05, 0) is 38.3 Å². The van der Waals surface area contributed by atoms with Gasteiger partial charge >= 0.3 is 0 Å². The van der Waals surface area contributed by atoms with Crippen molar-refractivity contribution in [3.05, 3.63) is 24.5 Å². The lowest BCUT2D eigenvalue weighted by atomic mass is 10.1. The van der Waals surface area contributed by atoms with Gasteiger partial charge in [0.2, 0.25) is 5.91 Å². The summed E-state index contributed by atoms with van der Waals surface area (Å²) in [5.41, 5.74) is 0.941. The molecule has 23 heavy (non-hydrogen) atoms. The predicted molar refractivity (Wildman–Crippen MR) is 90.1 cm³/mol. The minimum absolute atomic E-state index is 0.197. The third-order valence-corrected chi connectivity index (χ3v) is 4.94. The monoisotopic (exact) mass is 331 g/mol. The number of carbonyl (C=O) groups is 1. The molecule has 6 nitrogen and oxygen atoms in total. The summed E-state index contributed by atoms with van der Waals surface area (Å²) in [7, 11) is 0. The third-order valence-electron chi connectivity index (χ3n) is 3.99. The molecule has 0 atom stereocenters. The Kier molecular flexibility index (Phi) is 5.27. The van der Waals surface area contributed by atoms with E-state index in [-0.39, 0.29) is 5.91 Å². The largest absolute Gasteiger partial charge is 0.342 e. The van der Waals surface area contributed by atoms with E-state index in [2.05, 4.69) is 22.1 Å². The minimum atomic E-state index is 0.197. The first-order valence-corrected chi connectivity index (χ1v) is 9.02. The molecule has 2 aromatic rings. The van der Waals surface area contributed by atoms with E-state index in [0.717, 1.165) is 49.0 Å². The molecule has 0 radical (unpaired) electrons. The molecule has 3 heterocycles. The number of amides is 1. The Hall–Kier alpha value is -1.89. The lowest BCUT2D eigenvalue weighted by molar-refractivity contribution is -0.129. The van der Waals surface area contributed by atoms with Crippen LogP contribution < -0.4 is 0 Å². The molecule has 122 valence electrons. The van der Waals surface area contributed by atoms with Crippen LogP contribution in [0.2, 0.25) is 0 Å². The summed E-state index contributed by atoms with van der Waals surface area (Å²) < 4.78 is 2.03. The predicted octanol–water partition coefficient (Wildman–Crippen LogP) is 2.46. The summed E-state index contributed by atoms with van der Waals surface area (Å²) in [6.07, 6.45) is 6.99. The van der Waals surface area contributed by atoms with Crippen molar-refractivity contribution in [1.82, 2.24) is 24.6 Å². The maximum atomic E-state index is 12.3. The molecular weight excluding hydrogens is 310 g/mol. The van der Waals surface area contributed by atoms with E-state index >= 15 is 0 Å². The first-order chi connectivity index (χ1) is 11.3. The second-order valence-corrected chi connectivity index (χ2v) is 6.46. The Morgan fingerprint density at radius 1 is 1.26 bits per heavy atom. The Morgan fingerprint density at radius 3 is 2.78 bits per heavy atom. The lowest BCUT2D eigenvalue weighted by Gasteiger charge is -2.26. The number of aromatic nitrogens is 4. The molecule has 1 saturated heterocycles. The summed E-state index contributed by atoms with van der Waals surface area (Å²) in [5, 5.41) is 9.32. The molecule has 3 rings (SSSR count). The van der Waals surface area contributed by atoms with Gasteiger partial charge in [0.25, 0.3) is 0 Å². The van der Waals surface area contributed by atoms with Crippen molar-refractivity contribution >= 4 is 17.7 Å². The fourth-order valence-corrected chi connectivity index (χ4v) is 3.66. The second-order valence-electron chi connectivity index (χ2n) is 5.52. The maximum Gasteiger partial charge on any atom is 0.233 e. The number of nitrogens with zero attached hydrogens (tertiary/aromatic N) is 5. The minimum Gasteiger partial charge on any atom is -0.342 e. The highest BCUT2D eigenvalue weighted by molar-refractivity contribution is 7.99. The zero-order valence-electron chi connectivity index (χ0n) is 13.3. The van der Waals surface area contributed by atoms with Crippen molar-refractivity contribution < 1.29 is 4.79 Å². The number of thioether (sulfide) groups is 1. The van der Waals surface area contributed by atoms with E-state index in [1.54, 1.807) is 12.4 Å². The number of hydrogen-bond donors (Lipinski definition) is 0. The Balaban J connectivity index is 1.68. The summed E-state index contributed by atoms with van der Waals surface area (Å²) in [6.45, 7) is 4.60. The fourth-order valence-electron chi connectivity index (χ4n) is 2.75. The third kappa shape index (κ3) is 3.72. The van der Waals surface area contributed by atoms with Gasteiger partial charge in [0, 0.05) is 37.6 Å². The van der Waals surface area contributed by atoms with Gasteiger partial charge in [-0.25, -0.2) is 0 Å². The van der Waals surface area contributed by atoms with Crippen LogP contribution in [0.4, 0.5) is 0 Å². The van der Waals surface area contributed by atoms with E-state index in [1.807, 2.05) is 21.6 Å². The topological polar surface area (TPSA) is 63.9 Å². The maximum absolute atomic E-state index is 12.3. The normalized spacial score (nSPS) is 14.9. The van der Waals surface area contributed by atoms with Gasteiger partial charge < -0.3 is 9.47 Å². The van der Waals surface area contributed by atoms with Crippen LogP contribution in [0.3, 0.4) is 0 Å². The zero-order valence-corrected chi connectivity index (χ0v) is 14.1. The van der Waals surface area contributed by atoms with Crippen molar-refractivity contribution in [3.63, 3.8) is 0 Å². The Morgan fingerprint density at radius 2 is 2.09 bits per heavy atom. The van der Waals surface area contributed by atoms with E-state index in [1.165, 1.54) is 18.2 Å². The van der Waals surface area contributed by atoms with Crippen LogP contribution in [0, 0.1) is 0 Å². The Labute approximate surface area is 140 Å². The van der Waals surface area contributed by atoms with E-state index in [0.29, 0.717) is 5.75 Å². The molecule has 0 spiro atoms. The number of pyridine rings is 1. The smallest absolute Gasteiger partial charge is 0.233 e. The van der Waals surface area contributed by atoms with Crippen molar-refractivity contribution in [2.75, 3.05) is 18.8 Å². The average Bonchev–Trinajstić information content (AvgIpc) is 3.04. The molecule has 1 aliphatic rings. The molecule has 0 bridgehead atoms. The molecule has 7 heteroatoms. The first kappa shape index (κ1) is 16.0. The number of hydrogen-bond acceptors (Lipinski definition) is 5. The molecule has 1 aliphatic heterocycles. The summed E-state index contributed by atoms with van der Waals surface area (Å²) in [4.78, 5) is 18.4. The molecule has 0 saturated carbocycles. The standard InChI is InChI=1S/C16H21N5OS/c1-2-21-15(13-7-6-8-17-11-13)18-19-16(21)23-12-14(22)20-9-4-3-5-10-20/h6-8,11H,2-5,9-10,12H2,1H3. The first-order valence-electron chi connectivity index (χ1n) is 8.03. The molecule has 0 aliphatic carbocycles. The van der Waals surface area contributed by atoms with Crippen LogP contribution in [0.1, 0.15) is 26.2 Å². The van der Waals surface area contributed by atoms with Crippen molar-refractivity contribution in [2.24, 2.45) is 0 Å². The van der Waals surface area contributed by atoms with Gasteiger partial charge in [0.1, 0.15) is 0 Å². The van der Waals surface area contributed by atoms with Gasteiger partial charge in [-0.3, -0.25) is 9.78 Å². The van der Waals surface area contributed by atoms with Crippen molar-refractivity contribution in [3.8, 4) is 11.4 Å². The molecule has 0 aromatic carbocycles. The summed E-state index contributed by atoms with van der Waals surface area (Å²) in [5.74, 6) is 1.42. The van der Waals surface area contributed by atoms with Crippen LogP contribution in [0.25, 0.3) is 11.4 Å². The highest BCUT2D eigenvalue weighted by atomic mass is 32.2. The van der Waals surface area contributed by atoms with Crippen LogP contribution in [0.5, 0.6) is 0 Å². The summed E-state index contributed by atoms with van der Waals surface area (Å²) in [6, 6.07) is 3.85. The quantitative estimate of drug-likeness (QED) is 0.788. The molecule has 1 fully saturated rings. The second kappa shape index (κ2) is 7.59. The molecule has 2 aromatic heterocycles. The highest BCUT2D eigenvalue weighted by Gasteiger charge is 2.19. The van der Waals surface area contributed by atoms with Crippen LogP contribution >= 0.6 is 11.8 Å². The van der Waals surface area contributed by atoms with Crippen LogP contribution in [-0.4, -0.2) is 49.4 Å². The molecular formula is C16H21N5OS. The average molecular weight is 331 g/mol. The number of likely N-dealkylation sites (tertiary alicyclic amines) is 1. The van der Waals surface area contributed by atoms with Crippen LogP contribution in [0.15, 0.2) is 29.7 Å². The van der Waals surface area contributed by atoms with Crippen molar-refractivity contribution in [2.45, 2.75) is 37.9 Å².